The molecule has 1 rings (SSSR count). The van der Waals surface area contributed by atoms with E-state index in [2.05, 4.69) is 13.8 Å². The van der Waals surface area contributed by atoms with Crippen molar-refractivity contribution in [1.82, 2.24) is 0 Å². The topological polar surface area (TPSA) is 20.2 Å². The zero-order valence-electron chi connectivity index (χ0n) is 11.3. The molecule has 1 aliphatic rings. The lowest BCUT2D eigenvalue weighted by atomic mass is 9.74. The van der Waals surface area contributed by atoms with E-state index >= 15 is 0 Å². The van der Waals surface area contributed by atoms with Crippen molar-refractivity contribution in [3.63, 3.8) is 0 Å². The fraction of sp³-hybridized carbons (Fsp3) is 1.00. The molecule has 1 saturated carbocycles. The van der Waals surface area contributed by atoms with Gasteiger partial charge in [0.05, 0.1) is 5.60 Å². The Morgan fingerprint density at radius 3 is 2.44 bits per heavy atom. The zero-order valence-corrected chi connectivity index (χ0v) is 11.3. The van der Waals surface area contributed by atoms with E-state index < -0.39 is 0 Å². The predicted molar refractivity (Wildman–Crippen MR) is 70.6 cm³/mol. The summed E-state index contributed by atoms with van der Waals surface area (Å²) in [7, 11) is 0. The molecule has 0 aromatic carbocycles. The molecule has 0 radical (unpaired) electrons. The van der Waals surface area contributed by atoms with Crippen LogP contribution >= 0.6 is 0 Å². The Kier molecular flexibility index (Phi) is 6.41. The molecule has 0 spiro atoms. The summed E-state index contributed by atoms with van der Waals surface area (Å²) in [5, 5.41) is 10.5. The maximum Gasteiger partial charge on any atom is 0.0673 e. The Hall–Kier alpha value is -0.0400. The molecule has 0 aliphatic heterocycles. The average molecular weight is 226 g/mol. The molecular formula is C15H30O. The highest BCUT2D eigenvalue weighted by Crippen LogP contribution is 2.37. The van der Waals surface area contributed by atoms with Gasteiger partial charge in [-0.1, -0.05) is 65.2 Å². The molecule has 1 heteroatoms. The Morgan fingerprint density at radius 1 is 1.06 bits per heavy atom. The van der Waals surface area contributed by atoms with Gasteiger partial charge in [0, 0.05) is 0 Å². The van der Waals surface area contributed by atoms with Gasteiger partial charge in [0.1, 0.15) is 0 Å². The molecule has 16 heavy (non-hydrogen) atoms. The summed E-state index contributed by atoms with van der Waals surface area (Å²) in [6, 6.07) is 0. The minimum atomic E-state index is -0.316. The molecule has 0 bridgehead atoms. The number of hydrogen-bond donors (Lipinski definition) is 1. The summed E-state index contributed by atoms with van der Waals surface area (Å²) in [6.07, 6.45) is 13.8. The highest BCUT2D eigenvalue weighted by molar-refractivity contribution is 4.87. The molecule has 0 amide bonds. The standard InChI is InChI=1S/C15H30O/c1-3-4-5-6-7-9-12-15(16)13-10-8-11-14(15)2/h14,16H,3-13H2,1-2H3. The summed E-state index contributed by atoms with van der Waals surface area (Å²) < 4.78 is 0. The molecule has 2 atom stereocenters. The number of rotatable bonds is 7. The second kappa shape index (κ2) is 7.32. The van der Waals surface area contributed by atoms with Gasteiger partial charge >= 0.3 is 0 Å². The minimum Gasteiger partial charge on any atom is -0.390 e. The fourth-order valence-electron chi connectivity index (χ4n) is 2.98. The molecular weight excluding hydrogens is 196 g/mol. The first-order valence-electron chi connectivity index (χ1n) is 7.41. The molecule has 1 fully saturated rings. The summed E-state index contributed by atoms with van der Waals surface area (Å²) in [5.41, 5.74) is -0.316. The van der Waals surface area contributed by atoms with Crippen LogP contribution in [0.15, 0.2) is 0 Å². The highest BCUT2D eigenvalue weighted by atomic mass is 16.3. The second-order valence-electron chi connectivity index (χ2n) is 5.77. The first kappa shape index (κ1) is 14.0. The SMILES string of the molecule is CCCCCCCCC1(O)CCCCC1C. The third kappa shape index (κ3) is 4.45. The molecule has 1 nitrogen and oxygen atoms in total. The van der Waals surface area contributed by atoms with E-state index in [0.29, 0.717) is 5.92 Å². The van der Waals surface area contributed by atoms with Crippen molar-refractivity contribution in [2.75, 3.05) is 0 Å². The van der Waals surface area contributed by atoms with Gasteiger partial charge in [-0.3, -0.25) is 0 Å². The first-order chi connectivity index (χ1) is 7.69. The molecule has 1 N–H and O–H groups in total. The third-order valence-corrected chi connectivity index (χ3v) is 4.38. The second-order valence-corrected chi connectivity index (χ2v) is 5.77. The monoisotopic (exact) mass is 226 g/mol. The number of hydrogen-bond acceptors (Lipinski definition) is 1. The predicted octanol–water partition coefficient (Wildman–Crippen LogP) is 4.68. The van der Waals surface area contributed by atoms with Gasteiger partial charge in [0.15, 0.2) is 0 Å². The zero-order chi connectivity index (χ0) is 11.9. The lowest BCUT2D eigenvalue weighted by Crippen LogP contribution is -2.38. The van der Waals surface area contributed by atoms with Crippen LogP contribution in [-0.2, 0) is 0 Å². The van der Waals surface area contributed by atoms with E-state index in [4.69, 9.17) is 0 Å². The van der Waals surface area contributed by atoms with Crippen molar-refractivity contribution < 1.29 is 5.11 Å². The fourth-order valence-corrected chi connectivity index (χ4v) is 2.98. The van der Waals surface area contributed by atoms with Crippen LogP contribution in [-0.4, -0.2) is 10.7 Å². The van der Waals surface area contributed by atoms with Gasteiger partial charge < -0.3 is 5.11 Å². The molecule has 96 valence electrons. The van der Waals surface area contributed by atoms with Crippen molar-refractivity contribution in [1.29, 1.82) is 0 Å². The van der Waals surface area contributed by atoms with E-state index in [1.54, 1.807) is 0 Å². The number of aliphatic hydroxyl groups is 1. The van der Waals surface area contributed by atoms with Crippen LogP contribution in [0.25, 0.3) is 0 Å². The highest BCUT2D eigenvalue weighted by Gasteiger charge is 2.34. The van der Waals surface area contributed by atoms with Crippen LogP contribution in [0.5, 0.6) is 0 Å². The summed E-state index contributed by atoms with van der Waals surface area (Å²) >= 11 is 0. The van der Waals surface area contributed by atoms with Crippen molar-refractivity contribution >= 4 is 0 Å². The van der Waals surface area contributed by atoms with Crippen molar-refractivity contribution in [2.45, 2.75) is 90.1 Å². The number of unbranched alkanes of at least 4 members (excludes halogenated alkanes) is 5. The average Bonchev–Trinajstić information content (AvgIpc) is 2.28. The van der Waals surface area contributed by atoms with Gasteiger partial charge in [-0.25, -0.2) is 0 Å². The molecule has 0 aromatic rings. The van der Waals surface area contributed by atoms with E-state index in [-0.39, 0.29) is 5.60 Å². The molecule has 2 unspecified atom stereocenters. The van der Waals surface area contributed by atoms with Crippen molar-refractivity contribution in [2.24, 2.45) is 5.92 Å². The van der Waals surface area contributed by atoms with E-state index in [1.165, 1.54) is 57.8 Å². The maximum absolute atomic E-state index is 10.5. The van der Waals surface area contributed by atoms with E-state index in [9.17, 15) is 5.11 Å². The first-order valence-corrected chi connectivity index (χ1v) is 7.41. The van der Waals surface area contributed by atoms with Gasteiger partial charge in [0.2, 0.25) is 0 Å². The van der Waals surface area contributed by atoms with Crippen LogP contribution in [0.1, 0.15) is 84.5 Å². The smallest absolute Gasteiger partial charge is 0.0673 e. The quantitative estimate of drug-likeness (QED) is 0.625. The Balaban J connectivity index is 2.10. The van der Waals surface area contributed by atoms with Gasteiger partial charge in [-0.15, -0.1) is 0 Å². The maximum atomic E-state index is 10.5. The van der Waals surface area contributed by atoms with Gasteiger partial charge in [-0.2, -0.15) is 0 Å². The van der Waals surface area contributed by atoms with Gasteiger partial charge in [0.25, 0.3) is 0 Å². The molecule has 0 saturated heterocycles. The van der Waals surface area contributed by atoms with Crippen molar-refractivity contribution in [3.05, 3.63) is 0 Å². The summed E-state index contributed by atoms with van der Waals surface area (Å²) in [4.78, 5) is 0. The van der Waals surface area contributed by atoms with Crippen LogP contribution in [0.4, 0.5) is 0 Å². The van der Waals surface area contributed by atoms with Crippen LogP contribution < -0.4 is 0 Å². The lowest BCUT2D eigenvalue weighted by Gasteiger charge is -2.38. The largest absolute Gasteiger partial charge is 0.390 e. The third-order valence-electron chi connectivity index (χ3n) is 4.38. The molecule has 0 aromatic heterocycles. The lowest BCUT2D eigenvalue weighted by molar-refractivity contribution is -0.0496. The Bertz CT molecular complexity index is 178. The normalized spacial score (nSPS) is 30.6. The van der Waals surface area contributed by atoms with Gasteiger partial charge in [-0.05, 0) is 25.2 Å². The molecule has 1 aliphatic carbocycles. The Morgan fingerprint density at radius 2 is 1.75 bits per heavy atom. The minimum absolute atomic E-state index is 0.316. The van der Waals surface area contributed by atoms with E-state index in [1.807, 2.05) is 0 Å². The van der Waals surface area contributed by atoms with Crippen LogP contribution in [0, 0.1) is 5.92 Å². The summed E-state index contributed by atoms with van der Waals surface area (Å²) in [6.45, 7) is 4.49. The van der Waals surface area contributed by atoms with Crippen molar-refractivity contribution in [3.8, 4) is 0 Å². The van der Waals surface area contributed by atoms with Crippen LogP contribution in [0.3, 0.4) is 0 Å². The molecule has 0 heterocycles. The van der Waals surface area contributed by atoms with Crippen LogP contribution in [0.2, 0.25) is 0 Å². The summed E-state index contributed by atoms with van der Waals surface area (Å²) in [5.74, 6) is 0.525. The van der Waals surface area contributed by atoms with E-state index in [0.717, 1.165) is 12.8 Å². The Labute approximate surface area is 102 Å².